The number of aromatic hydroxyl groups is 2. The number of hydrogen-bond donors (Lipinski definition) is 2. The first-order valence-corrected chi connectivity index (χ1v) is 29.3. The second-order valence-corrected chi connectivity index (χ2v) is 23.1. The van der Waals surface area contributed by atoms with Crippen LogP contribution in [0.1, 0.15) is 94.6 Å². The summed E-state index contributed by atoms with van der Waals surface area (Å²) in [4.78, 5) is 37.0. The van der Waals surface area contributed by atoms with Crippen molar-refractivity contribution < 1.29 is 42.0 Å². The lowest BCUT2D eigenvalue weighted by Crippen LogP contribution is -2.43. The second-order valence-electron chi connectivity index (χ2n) is 23.1. The largest absolute Gasteiger partial charge is 0.508 e. The Labute approximate surface area is 484 Å². The molecule has 4 aromatic carbocycles. The SMILES string of the molecule is C#Cc1c(F)ccc2cc(O)cc(-c3ncc4c(N5CCCCCC5)nc(OCC56CCCN5CCC6)nc4c3F)c12.C#Cc1c(F)ccc2cc(O)cc(-c3ncc4c(N5CCCOCC5)nc(OCC56CCCN5CCC6)nc4c3F)c12. The van der Waals surface area contributed by atoms with Crippen molar-refractivity contribution in [2.24, 2.45) is 0 Å². The predicted octanol–water partition coefficient (Wildman–Crippen LogP) is 11.2. The van der Waals surface area contributed by atoms with E-state index in [-0.39, 0.29) is 84.7 Å². The molecule has 6 saturated heterocycles. The lowest BCUT2D eigenvalue weighted by atomic mass is 9.95. The molecule has 0 atom stereocenters. The smallest absolute Gasteiger partial charge is 0.319 e. The molecule has 84 heavy (non-hydrogen) atoms. The molecule has 0 radical (unpaired) electrons. The Bertz CT molecular complexity index is 3690. The van der Waals surface area contributed by atoms with Gasteiger partial charge >= 0.3 is 12.0 Å². The van der Waals surface area contributed by atoms with Crippen LogP contribution in [0.3, 0.4) is 0 Å². The van der Waals surface area contributed by atoms with Gasteiger partial charge in [-0.15, -0.1) is 12.8 Å². The third-order valence-electron chi connectivity index (χ3n) is 18.2. The maximum absolute atomic E-state index is 16.7. The third-order valence-corrected chi connectivity index (χ3v) is 18.2. The highest BCUT2D eigenvalue weighted by Gasteiger charge is 2.46. The summed E-state index contributed by atoms with van der Waals surface area (Å²) in [6.07, 6.45) is 28.3. The molecule has 2 N–H and O–H groups in total. The summed E-state index contributed by atoms with van der Waals surface area (Å²) in [5.41, 5.74) is 0.209. The van der Waals surface area contributed by atoms with Crippen LogP contribution in [0.4, 0.5) is 29.2 Å². The molecule has 0 aliphatic carbocycles. The van der Waals surface area contributed by atoms with E-state index in [0.29, 0.717) is 78.1 Å². The number of ether oxygens (including phenoxy) is 3. The number of benzene rings is 4. The summed E-state index contributed by atoms with van der Waals surface area (Å²) in [6.45, 7) is 9.16. The number of aromatic nitrogens is 6. The number of phenols is 2. The average molecular weight is 1140 g/mol. The Balaban J connectivity index is 0.000000157. The fourth-order valence-corrected chi connectivity index (χ4v) is 14.1. The van der Waals surface area contributed by atoms with Gasteiger partial charge in [0.2, 0.25) is 0 Å². The molecule has 6 aliphatic rings. The number of fused-ring (bicyclic) bond motifs is 6. The molecule has 432 valence electrons. The standard InChI is InChI=1S/C33H33F2N5O2.C32H31F2N5O3/c1-2-23-26(34)10-9-21-17-22(41)18-24(27(21)23)29-28(35)30-25(19-36-29)31(39-13-5-3-4-6-14-39)38-32(37-30)42-20-33-11-7-15-40(33)16-8-12-33;1-2-22-25(33)7-6-20-16-21(40)17-23(26(20)22)28-27(34)29-24(18-35-28)30(38-10-5-14-41-15-13-38)37-31(36-29)42-19-32-8-3-11-39(32)12-4-9-32/h1,9-10,17-19,41H,3-8,11-16,20H2;1,6-7,16-18,40H,3-5,8-15,19H2. The quantitative estimate of drug-likeness (QED) is 0.0983. The van der Waals surface area contributed by atoms with E-state index in [4.69, 9.17) is 37.0 Å². The highest BCUT2D eigenvalue weighted by molar-refractivity contribution is 6.04. The summed E-state index contributed by atoms with van der Waals surface area (Å²) in [7, 11) is 0. The van der Waals surface area contributed by atoms with Gasteiger partial charge in [0.05, 0.1) is 39.6 Å². The Morgan fingerprint density at radius 3 is 1.42 bits per heavy atom. The van der Waals surface area contributed by atoms with Crippen molar-refractivity contribution in [3.8, 4) is 70.7 Å². The molecule has 6 aliphatic heterocycles. The molecular formula is C65H64F4N10O5. The van der Waals surface area contributed by atoms with Gasteiger partial charge in [0.15, 0.2) is 11.6 Å². The summed E-state index contributed by atoms with van der Waals surface area (Å²) in [5, 5.41) is 23.4. The normalized spacial score (nSPS) is 18.7. The van der Waals surface area contributed by atoms with Crippen molar-refractivity contribution >= 4 is 55.0 Å². The molecule has 0 unspecified atom stereocenters. The molecule has 14 rings (SSSR count). The zero-order chi connectivity index (χ0) is 57.7. The monoisotopic (exact) mass is 1140 g/mol. The minimum atomic E-state index is -0.729. The minimum Gasteiger partial charge on any atom is -0.508 e. The highest BCUT2D eigenvalue weighted by Crippen LogP contribution is 2.44. The molecule has 6 fully saturated rings. The van der Waals surface area contributed by atoms with Crippen molar-refractivity contribution in [3.05, 3.63) is 95.3 Å². The van der Waals surface area contributed by atoms with Crippen LogP contribution in [0.25, 0.3) is 65.9 Å². The number of phenolic OH excluding ortho intramolecular Hbond substituents is 2. The molecule has 4 aromatic heterocycles. The Morgan fingerprint density at radius 2 is 0.964 bits per heavy atom. The lowest BCUT2D eigenvalue weighted by Gasteiger charge is -2.31. The number of nitrogens with zero attached hydrogens (tertiary/aromatic N) is 10. The van der Waals surface area contributed by atoms with E-state index in [9.17, 15) is 19.0 Å². The van der Waals surface area contributed by atoms with Gasteiger partial charge in [-0.2, -0.15) is 19.9 Å². The van der Waals surface area contributed by atoms with Gasteiger partial charge in [-0.1, -0.05) is 36.8 Å². The zero-order valence-corrected chi connectivity index (χ0v) is 46.7. The van der Waals surface area contributed by atoms with Crippen LogP contribution in [0, 0.1) is 48.0 Å². The van der Waals surface area contributed by atoms with E-state index < -0.39 is 23.3 Å². The average Bonchev–Trinajstić information content (AvgIpc) is 1.76. The summed E-state index contributed by atoms with van der Waals surface area (Å²) >= 11 is 0. The first kappa shape index (κ1) is 55.1. The van der Waals surface area contributed by atoms with E-state index in [1.807, 2.05) is 0 Å². The van der Waals surface area contributed by atoms with E-state index in [1.165, 1.54) is 54.7 Å². The van der Waals surface area contributed by atoms with E-state index in [0.717, 1.165) is 123 Å². The van der Waals surface area contributed by atoms with E-state index in [1.54, 1.807) is 6.20 Å². The van der Waals surface area contributed by atoms with Gasteiger partial charge < -0.3 is 34.2 Å². The van der Waals surface area contributed by atoms with Crippen LogP contribution >= 0.6 is 0 Å². The molecule has 0 amide bonds. The Morgan fingerprint density at radius 1 is 0.524 bits per heavy atom. The number of pyridine rings is 2. The van der Waals surface area contributed by atoms with Crippen molar-refractivity contribution in [1.29, 1.82) is 0 Å². The Hall–Kier alpha value is -8.10. The van der Waals surface area contributed by atoms with Crippen LogP contribution in [0.15, 0.2) is 60.9 Å². The van der Waals surface area contributed by atoms with Crippen LogP contribution < -0.4 is 19.3 Å². The summed E-state index contributed by atoms with van der Waals surface area (Å²) in [6, 6.07) is 11.4. The molecule has 10 heterocycles. The maximum atomic E-state index is 16.7. The van der Waals surface area contributed by atoms with Crippen molar-refractivity contribution in [2.75, 3.05) is 88.6 Å². The minimum absolute atomic E-state index is 0.0147. The van der Waals surface area contributed by atoms with E-state index >= 15 is 8.78 Å². The number of hydrogen-bond acceptors (Lipinski definition) is 15. The fraction of sp³-hybridized carbons (Fsp3) is 0.415. The van der Waals surface area contributed by atoms with Gasteiger partial charge in [0.1, 0.15) is 70.4 Å². The van der Waals surface area contributed by atoms with Crippen molar-refractivity contribution in [3.63, 3.8) is 0 Å². The molecule has 0 spiro atoms. The van der Waals surface area contributed by atoms with Crippen molar-refractivity contribution in [1.82, 2.24) is 39.7 Å². The zero-order valence-electron chi connectivity index (χ0n) is 46.7. The molecule has 0 saturated carbocycles. The molecule has 19 heteroatoms. The molecular weight excluding hydrogens is 1080 g/mol. The molecule has 0 bridgehead atoms. The third kappa shape index (κ3) is 10.0. The second kappa shape index (κ2) is 22.8. The summed E-state index contributed by atoms with van der Waals surface area (Å²) in [5.74, 6) is 3.03. The van der Waals surface area contributed by atoms with Gasteiger partial charge in [-0.05, 0) is 144 Å². The number of terminal acetylenes is 2. The number of halogens is 4. The fourth-order valence-electron chi connectivity index (χ4n) is 14.1. The molecule has 15 nitrogen and oxygen atoms in total. The highest BCUT2D eigenvalue weighted by atomic mass is 19.1. The van der Waals surface area contributed by atoms with Gasteiger partial charge in [0, 0.05) is 67.1 Å². The maximum Gasteiger partial charge on any atom is 0.319 e. The first-order chi connectivity index (χ1) is 40.9. The van der Waals surface area contributed by atoms with Crippen LogP contribution in [0.5, 0.6) is 23.5 Å². The number of anilines is 2. The summed E-state index contributed by atoms with van der Waals surface area (Å²) < 4.78 is 81.0. The first-order valence-electron chi connectivity index (χ1n) is 29.3. The Kier molecular flexibility index (Phi) is 15.0. The van der Waals surface area contributed by atoms with Gasteiger partial charge in [0.25, 0.3) is 0 Å². The molecule has 8 aromatic rings. The van der Waals surface area contributed by atoms with Crippen LogP contribution in [0.2, 0.25) is 0 Å². The number of rotatable bonds is 10. The van der Waals surface area contributed by atoms with Crippen molar-refractivity contribution in [2.45, 2.75) is 94.5 Å². The van der Waals surface area contributed by atoms with Gasteiger partial charge in [-0.25, -0.2) is 17.6 Å². The topological polar surface area (TPSA) is 158 Å². The predicted molar refractivity (Wildman–Crippen MR) is 314 cm³/mol. The lowest BCUT2D eigenvalue weighted by molar-refractivity contribution is 0.108. The van der Waals surface area contributed by atoms with E-state index in [2.05, 4.69) is 51.4 Å². The van der Waals surface area contributed by atoms with Gasteiger partial charge in [-0.3, -0.25) is 19.8 Å². The van der Waals surface area contributed by atoms with Crippen LogP contribution in [-0.2, 0) is 4.74 Å². The van der Waals surface area contributed by atoms with Crippen LogP contribution in [-0.4, -0.2) is 140 Å².